The zero-order valence-electron chi connectivity index (χ0n) is 10.3. The Morgan fingerprint density at radius 3 is 2.88 bits per heavy atom. The van der Waals surface area contributed by atoms with Crippen molar-refractivity contribution in [3.05, 3.63) is 40.7 Å². The van der Waals surface area contributed by atoms with Gasteiger partial charge in [-0.3, -0.25) is 4.79 Å². The predicted octanol–water partition coefficient (Wildman–Crippen LogP) is 2.99. The van der Waals surface area contributed by atoms with Crippen molar-refractivity contribution >= 4 is 16.6 Å². The third-order valence-electron chi connectivity index (χ3n) is 3.09. The number of rotatable bonds is 4. The van der Waals surface area contributed by atoms with E-state index in [1.54, 1.807) is 0 Å². The zero-order valence-corrected chi connectivity index (χ0v) is 10.3. The maximum Gasteiger partial charge on any atom is 0.257 e. The van der Waals surface area contributed by atoms with Gasteiger partial charge in [-0.05, 0) is 23.4 Å². The first-order valence-corrected chi connectivity index (χ1v) is 6.06. The van der Waals surface area contributed by atoms with Crippen molar-refractivity contribution < 1.29 is 0 Å². The lowest BCUT2D eigenvalue weighted by Gasteiger charge is -2.11. The second-order valence-electron chi connectivity index (χ2n) is 4.49. The number of nitrogens with one attached hydrogen (secondary N) is 2. The van der Waals surface area contributed by atoms with Crippen LogP contribution in [0.25, 0.3) is 10.8 Å². The quantitative estimate of drug-likeness (QED) is 0.848. The molecule has 3 heteroatoms. The van der Waals surface area contributed by atoms with Crippen molar-refractivity contribution in [3.8, 4) is 0 Å². The van der Waals surface area contributed by atoms with Crippen LogP contribution in [0.15, 0.2) is 35.1 Å². The summed E-state index contributed by atoms with van der Waals surface area (Å²) in [5.74, 6) is 1.40. The number of fused-ring (bicyclic) bond motifs is 1. The van der Waals surface area contributed by atoms with Gasteiger partial charge in [0.25, 0.3) is 5.56 Å². The minimum atomic E-state index is -0.0326. The lowest BCUT2D eigenvalue weighted by Crippen LogP contribution is -2.15. The van der Waals surface area contributed by atoms with Gasteiger partial charge in [0.15, 0.2) is 0 Å². The summed E-state index contributed by atoms with van der Waals surface area (Å²) in [4.78, 5) is 14.7. The summed E-state index contributed by atoms with van der Waals surface area (Å²) in [5.41, 5.74) is -0.0326. The molecular weight excluding hydrogens is 212 g/mol. The van der Waals surface area contributed by atoms with Crippen LogP contribution in [0.4, 0.5) is 5.82 Å². The van der Waals surface area contributed by atoms with Gasteiger partial charge < -0.3 is 10.3 Å². The first-order valence-electron chi connectivity index (χ1n) is 6.06. The van der Waals surface area contributed by atoms with Gasteiger partial charge in [0.2, 0.25) is 0 Å². The summed E-state index contributed by atoms with van der Waals surface area (Å²) >= 11 is 0. The van der Waals surface area contributed by atoms with Gasteiger partial charge >= 0.3 is 0 Å². The van der Waals surface area contributed by atoms with E-state index in [0.29, 0.717) is 5.92 Å². The Kier molecular flexibility index (Phi) is 3.47. The Hall–Kier alpha value is -1.77. The molecule has 2 N–H and O–H groups in total. The second kappa shape index (κ2) is 5.04. The average molecular weight is 230 g/mol. The summed E-state index contributed by atoms with van der Waals surface area (Å²) in [6.07, 6.45) is 1.13. The monoisotopic (exact) mass is 230 g/mol. The fourth-order valence-corrected chi connectivity index (χ4v) is 1.73. The van der Waals surface area contributed by atoms with E-state index in [9.17, 15) is 4.79 Å². The molecule has 0 fully saturated rings. The van der Waals surface area contributed by atoms with Crippen LogP contribution in [-0.2, 0) is 0 Å². The van der Waals surface area contributed by atoms with Crippen LogP contribution >= 0.6 is 0 Å². The van der Waals surface area contributed by atoms with Gasteiger partial charge in [0.05, 0.1) is 0 Å². The zero-order chi connectivity index (χ0) is 12.3. The molecule has 1 atom stereocenters. The van der Waals surface area contributed by atoms with Crippen molar-refractivity contribution in [1.29, 1.82) is 0 Å². The van der Waals surface area contributed by atoms with E-state index >= 15 is 0 Å². The van der Waals surface area contributed by atoms with Crippen molar-refractivity contribution in [2.75, 3.05) is 11.9 Å². The van der Waals surface area contributed by atoms with Gasteiger partial charge in [-0.2, -0.15) is 0 Å². The summed E-state index contributed by atoms with van der Waals surface area (Å²) in [7, 11) is 0. The van der Waals surface area contributed by atoms with Gasteiger partial charge in [-0.25, -0.2) is 0 Å². The predicted molar refractivity (Wildman–Crippen MR) is 72.5 cm³/mol. The van der Waals surface area contributed by atoms with Crippen LogP contribution in [0.5, 0.6) is 0 Å². The molecule has 2 aromatic rings. The molecule has 1 aromatic heterocycles. The molecule has 1 heterocycles. The minimum absolute atomic E-state index is 0.0326. The van der Waals surface area contributed by atoms with Gasteiger partial charge in [-0.15, -0.1) is 0 Å². The molecule has 0 aliphatic rings. The molecule has 1 unspecified atom stereocenters. The molecule has 0 saturated heterocycles. The summed E-state index contributed by atoms with van der Waals surface area (Å²) in [5, 5.41) is 4.99. The Morgan fingerprint density at radius 2 is 2.12 bits per heavy atom. The standard InChI is InChI=1S/C14H18N2O/c1-3-10(2)9-15-13-8-11-6-4-5-7-12(11)14(17)16-13/h4-8,10H,3,9H2,1-2H3,(H2,15,16,17). The highest BCUT2D eigenvalue weighted by molar-refractivity contribution is 5.83. The fourth-order valence-electron chi connectivity index (χ4n) is 1.73. The van der Waals surface area contributed by atoms with Gasteiger partial charge in [0, 0.05) is 11.9 Å². The molecule has 3 nitrogen and oxygen atoms in total. The number of anilines is 1. The fraction of sp³-hybridized carbons (Fsp3) is 0.357. The van der Waals surface area contributed by atoms with E-state index in [-0.39, 0.29) is 5.56 Å². The smallest absolute Gasteiger partial charge is 0.257 e. The lowest BCUT2D eigenvalue weighted by molar-refractivity contribution is 0.592. The lowest BCUT2D eigenvalue weighted by atomic mass is 10.1. The Morgan fingerprint density at radius 1 is 1.35 bits per heavy atom. The topological polar surface area (TPSA) is 44.9 Å². The van der Waals surface area contributed by atoms with Crippen molar-refractivity contribution in [2.45, 2.75) is 20.3 Å². The van der Waals surface area contributed by atoms with Crippen LogP contribution < -0.4 is 10.9 Å². The molecule has 0 aliphatic carbocycles. The SMILES string of the molecule is CCC(C)CNc1cc2ccccc2c(=O)[nH]1. The molecule has 90 valence electrons. The van der Waals surface area contributed by atoms with Gasteiger partial charge in [0.1, 0.15) is 5.82 Å². The average Bonchev–Trinajstić information content (AvgIpc) is 2.36. The van der Waals surface area contributed by atoms with Crippen LogP contribution in [0.3, 0.4) is 0 Å². The Bertz CT molecular complexity index is 559. The molecule has 2 rings (SSSR count). The third-order valence-corrected chi connectivity index (χ3v) is 3.09. The summed E-state index contributed by atoms with van der Waals surface area (Å²) in [6, 6.07) is 9.61. The number of hydrogen-bond donors (Lipinski definition) is 2. The highest BCUT2D eigenvalue weighted by atomic mass is 16.1. The van der Waals surface area contributed by atoms with Crippen LogP contribution in [0.2, 0.25) is 0 Å². The van der Waals surface area contributed by atoms with Gasteiger partial charge in [-0.1, -0.05) is 38.5 Å². The normalized spacial score (nSPS) is 12.6. The van der Waals surface area contributed by atoms with E-state index < -0.39 is 0 Å². The highest BCUT2D eigenvalue weighted by Crippen LogP contribution is 2.13. The van der Waals surface area contributed by atoms with E-state index in [0.717, 1.165) is 29.6 Å². The summed E-state index contributed by atoms with van der Waals surface area (Å²) < 4.78 is 0. The Balaban J connectivity index is 2.28. The number of hydrogen-bond acceptors (Lipinski definition) is 2. The van der Waals surface area contributed by atoms with Crippen molar-refractivity contribution in [2.24, 2.45) is 5.92 Å². The number of H-pyrrole nitrogens is 1. The first kappa shape index (κ1) is 11.7. The highest BCUT2D eigenvalue weighted by Gasteiger charge is 2.02. The molecule has 0 spiro atoms. The first-order chi connectivity index (χ1) is 8.20. The second-order valence-corrected chi connectivity index (χ2v) is 4.49. The van der Waals surface area contributed by atoms with Crippen molar-refractivity contribution in [1.82, 2.24) is 4.98 Å². The van der Waals surface area contributed by atoms with E-state index in [4.69, 9.17) is 0 Å². The van der Waals surface area contributed by atoms with E-state index in [1.807, 2.05) is 30.3 Å². The molecule has 0 aliphatic heterocycles. The Labute approximate surface area is 101 Å². The van der Waals surface area contributed by atoms with Crippen molar-refractivity contribution in [3.63, 3.8) is 0 Å². The third kappa shape index (κ3) is 2.67. The van der Waals surface area contributed by atoms with Crippen LogP contribution in [0.1, 0.15) is 20.3 Å². The molecule has 1 aromatic carbocycles. The van der Waals surface area contributed by atoms with E-state index in [2.05, 4.69) is 24.1 Å². The number of aromatic nitrogens is 1. The number of benzene rings is 1. The molecule has 0 radical (unpaired) electrons. The molecule has 17 heavy (non-hydrogen) atoms. The number of aromatic amines is 1. The van der Waals surface area contributed by atoms with Crippen LogP contribution in [-0.4, -0.2) is 11.5 Å². The molecule has 0 saturated carbocycles. The maximum atomic E-state index is 11.8. The molecular formula is C14H18N2O. The maximum absolute atomic E-state index is 11.8. The number of pyridine rings is 1. The van der Waals surface area contributed by atoms with Crippen LogP contribution in [0, 0.1) is 5.92 Å². The largest absolute Gasteiger partial charge is 0.371 e. The minimum Gasteiger partial charge on any atom is -0.371 e. The molecule has 0 bridgehead atoms. The van der Waals surface area contributed by atoms with E-state index in [1.165, 1.54) is 0 Å². The molecule has 0 amide bonds. The summed E-state index contributed by atoms with van der Waals surface area (Å²) in [6.45, 7) is 5.23.